The first-order valence-corrected chi connectivity index (χ1v) is 8.14. The molecular formula is C13H14F3NO4S. The van der Waals surface area contributed by atoms with E-state index in [1.807, 2.05) is 0 Å². The maximum atomic E-state index is 13.1. The van der Waals surface area contributed by atoms with E-state index < -0.39 is 33.7 Å². The van der Waals surface area contributed by atoms with E-state index in [0.29, 0.717) is 31.8 Å². The van der Waals surface area contributed by atoms with Crippen LogP contribution in [0.25, 0.3) is 0 Å². The Hall–Kier alpha value is -1.61. The lowest BCUT2D eigenvalue weighted by Gasteiger charge is -2.11. The highest BCUT2D eigenvalue weighted by atomic mass is 32.2. The highest BCUT2D eigenvalue weighted by Gasteiger charge is 2.25. The van der Waals surface area contributed by atoms with E-state index in [2.05, 4.69) is 0 Å². The molecule has 22 heavy (non-hydrogen) atoms. The zero-order valence-corrected chi connectivity index (χ0v) is 12.2. The standard InChI is InChI=1S/C13H14F3NO4S/c14-11-2-1-9(5-10(11)12(15)16)13(18)17-22(19,20)7-8-3-4-21-6-8/h1-2,5,8,12H,3-4,6-7H2,(H,17,18). The Bertz CT molecular complexity index is 657. The molecule has 0 aliphatic carbocycles. The van der Waals surface area contributed by atoms with Crippen LogP contribution >= 0.6 is 0 Å². The number of alkyl halides is 2. The van der Waals surface area contributed by atoms with E-state index in [1.54, 1.807) is 4.72 Å². The molecule has 2 rings (SSSR count). The molecule has 0 saturated carbocycles. The third-order valence-corrected chi connectivity index (χ3v) is 4.63. The fourth-order valence-electron chi connectivity index (χ4n) is 2.12. The third kappa shape index (κ3) is 4.20. The highest BCUT2D eigenvalue weighted by molar-refractivity contribution is 7.90. The van der Waals surface area contributed by atoms with E-state index >= 15 is 0 Å². The second-order valence-corrected chi connectivity index (χ2v) is 6.75. The molecule has 0 bridgehead atoms. The first kappa shape index (κ1) is 16.8. The number of ether oxygens (including phenoxy) is 1. The molecule has 1 aromatic carbocycles. The average Bonchev–Trinajstić information content (AvgIpc) is 2.90. The highest BCUT2D eigenvalue weighted by Crippen LogP contribution is 2.23. The molecule has 1 aromatic rings. The Balaban J connectivity index is 2.09. The van der Waals surface area contributed by atoms with Gasteiger partial charge in [0.05, 0.1) is 17.9 Å². The van der Waals surface area contributed by atoms with Crippen LogP contribution in [0.5, 0.6) is 0 Å². The lowest BCUT2D eigenvalue weighted by molar-refractivity contribution is 0.0980. The van der Waals surface area contributed by atoms with E-state index in [1.165, 1.54) is 0 Å². The monoisotopic (exact) mass is 337 g/mol. The van der Waals surface area contributed by atoms with E-state index in [4.69, 9.17) is 4.74 Å². The van der Waals surface area contributed by atoms with E-state index in [0.717, 1.165) is 6.07 Å². The number of sulfonamides is 1. The van der Waals surface area contributed by atoms with Crippen LogP contribution in [0.3, 0.4) is 0 Å². The molecule has 1 aliphatic heterocycles. The largest absolute Gasteiger partial charge is 0.381 e. The van der Waals surface area contributed by atoms with Gasteiger partial charge in [0, 0.05) is 18.1 Å². The van der Waals surface area contributed by atoms with Crippen molar-refractivity contribution < 1.29 is 31.1 Å². The summed E-state index contributed by atoms with van der Waals surface area (Å²) in [5.41, 5.74) is -1.29. The molecule has 1 aliphatic rings. The van der Waals surface area contributed by atoms with Crippen molar-refractivity contribution in [2.45, 2.75) is 12.8 Å². The van der Waals surface area contributed by atoms with Gasteiger partial charge in [-0.05, 0) is 24.6 Å². The van der Waals surface area contributed by atoms with Crippen LogP contribution in [0, 0.1) is 11.7 Å². The number of carbonyl (C=O) groups excluding carboxylic acids is 1. The zero-order valence-electron chi connectivity index (χ0n) is 11.4. The third-order valence-electron chi connectivity index (χ3n) is 3.22. The van der Waals surface area contributed by atoms with Crippen LogP contribution in [-0.2, 0) is 14.8 Å². The molecule has 1 atom stereocenters. The number of amides is 1. The molecule has 5 nitrogen and oxygen atoms in total. The van der Waals surface area contributed by atoms with Gasteiger partial charge in [-0.15, -0.1) is 0 Å². The van der Waals surface area contributed by atoms with Gasteiger partial charge in [0.2, 0.25) is 10.0 Å². The molecule has 0 spiro atoms. The summed E-state index contributed by atoms with van der Waals surface area (Å²) in [4.78, 5) is 11.8. The molecule has 9 heteroatoms. The lowest BCUT2D eigenvalue weighted by Crippen LogP contribution is -2.35. The Labute approximate surface area is 125 Å². The Morgan fingerprint density at radius 3 is 2.73 bits per heavy atom. The minimum absolute atomic E-state index is 0.213. The van der Waals surface area contributed by atoms with Crippen molar-refractivity contribution in [3.63, 3.8) is 0 Å². The Kier molecular flexibility index (Phi) is 5.07. The summed E-state index contributed by atoms with van der Waals surface area (Å²) in [6.07, 6.45) is -2.53. The number of benzene rings is 1. The number of hydrogen-bond acceptors (Lipinski definition) is 4. The van der Waals surface area contributed by atoms with Crippen LogP contribution in [0.2, 0.25) is 0 Å². The van der Waals surface area contributed by atoms with E-state index in [-0.39, 0.29) is 17.2 Å². The van der Waals surface area contributed by atoms with Gasteiger partial charge >= 0.3 is 0 Å². The first-order chi connectivity index (χ1) is 10.3. The molecule has 1 fully saturated rings. The summed E-state index contributed by atoms with van der Waals surface area (Å²) < 4.78 is 68.8. The normalized spacial score (nSPS) is 18.6. The van der Waals surface area contributed by atoms with Crippen LogP contribution in [-0.4, -0.2) is 33.3 Å². The minimum Gasteiger partial charge on any atom is -0.381 e. The van der Waals surface area contributed by atoms with Crippen molar-refractivity contribution in [1.82, 2.24) is 4.72 Å². The van der Waals surface area contributed by atoms with Crippen molar-refractivity contribution in [1.29, 1.82) is 0 Å². The molecule has 0 radical (unpaired) electrons. The Morgan fingerprint density at radius 2 is 2.14 bits per heavy atom. The van der Waals surface area contributed by atoms with Gasteiger partial charge in [0.25, 0.3) is 12.3 Å². The SMILES string of the molecule is O=C(NS(=O)(=O)CC1CCOC1)c1ccc(F)c(C(F)F)c1. The fraction of sp³-hybridized carbons (Fsp3) is 0.462. The summed E-state index contributed by atoms with van der Waals surface area (Å²) >= 11 is 0. The van der Waals surface area contributed by atoms with Gasteiger partial charge in [-0.3, -0.25) is 4.79 Å². The van der Waals surface area contributed by atoms with E-state index in [9.17, 15) is 26.4 Å². The number of hydrogen-bond donors (Lipinski definition) is 1. The Morgan fingerprint density at radius 1 is 1.41 bits per heavy atom. The minimum atomic E-state index is -3.92. The lowest BCUT2D eigenvalue weighted by atomic mass is 10.1. The maximum Gasteiger partial charge on any atom is 0.266 e. The van der Waals surface area contributed by atoms with Gasteiger partial charge in [0.1, 0.15) is 5.82 Å². The molecule has 1 heterocycles. The molecular weight excluding hydrogens is 323 g/mol. The molecule has 1 N–H and O–H groups in total. The molecule has 0 aromatic heterocycles. The fourth-order valence-corrected chi connectivity index (χ4v) is 3.49. The van der Waals surface area contributed by atoms with Crippen molar-refractivity contribution in [2.75, 3.05) is 19.0 Å². The predicted octanol–water partition coefficient (Wildman–Crippen LogP) is 1.86. The van der Waals surface area contributed by atoms with Crippen LogP contribution < -0.4 is 4.72 Å². The van der Waals surface area contributed by atoms with Gasteiger partial charge in [-0.2, -0.15) is 0 Å². The van der Waals surface area contributed by atoms with Gasteiger partial charge in [-0.1, -0.05) is 0 Å². The summed E-state index contributed by atoms with van der Waals surface area (Å²) in [7, 11) is -3.92. The van der Waals surface area contributed by atoms with Crippen molar-refractivity contribution >= 4 is 15.9 Å². The average molecular weight is 337 g/mol. The maximum absolute atomic E-state index is 13.1. The summed E-state index contributed by atoms with van der Waals surface area (Å²) in [6, 6.07) is 2.29. The smallest absolute Gasteiger partial charge is 0.266 e. The van der Waals surface area contributed by atoms with Crippen molar-refractivity contribution in [2.24, 2.45) is 5.92 Å². The summed E-state index contributed by atoms with van der Waals surface area (Å²) in [5, 5.41) is 0. The number of halogens is 3. The van der Waals surface area contributed by atoms with Crippen molar-refractivity contribution in [3.8, 4) is 0 Å². The molecule has 1 unspecified atom stereocenters. The van der Waals surface area contributed by atoms with Gasteiger partial charge in [0.15, 0.2) is 0 Å². The predicted molar refractivity (Wildman–Crippen MR) is 71.5 cm³/mol. The zero-order chi connectivity index (χ0) is 16.3. The number of nitrogens with one attached hydrogen (secondary N) is 1. The van der Waals surface area contributed by atoms with Crippen molar-refractivity contribution in [3.05, 3.63) is 35.1 Å². The van der Waals surface area contributed by atoms with Gasteiger partial charge < -0.3 is 4.74 Å². The van der Waals surface area contributed by atoms with Gasteiger partial charge in [-0.25, -0.2) is 26.3 Å². The second-order valence-electron chi connectivity index (χ2n) is 4.98. The summed E-state index contributed by atoms with van der Waals surface area (Å²) in [5.74, 6) is -2.73. The van der Waals surface area contributed by atoms with Crippen LogP contribution in [0.15, 0.2) is 18.2 Å². The summed E-state index contributed by atoms with van der Waals surface area (Å²) in [6.45, 7) is 0.755. The number of carbonyl (C=O) groups is 1. The molecule has 122 valence electrons. The van der Waals surface area contributed by atoms with Crippen LogP contribution in [0.1, 0.15) is 28.8 Å². The number of rotatable bonds is 5. The van der Waals surface area contributed by atoms with Crippen LogP contribution in [0.4, 0.5) is 13.2 Å². The topological polar surface area (TPSA) is 72.5 Å². The molecule has 1 amide bonds. The quantitative estimate of drug-likeness (QED) is 0.890. The first-order valence-electron chi connectivity index (χ1n) is 6.48. The molecule has 1 saturated heterocycles. The second kappa shape index (κ2) is 6.66.